The van der Waals surface area contributed by atoms with Gasteiger partial charge in [0.1, 0.15) is 6.54 Å². The van der Waals surface area contributed by atoms with Gasteiger partial charge in [-0.3, -0.25) is 4.79 Å². The first-order valence-corrected chi connectivity index (χ1v) is 8.60. The van der Waals surface area contributed by atoms with Gasteiger partial charge in [-0.25, -0.2) is 9.67 Å². The summed E-state index contributed by atoms with van der Waals surface area (Å²) in [5, 5.41) is 13.3. The molecule has 0 spiro atoms. The van der Waals surface area contributed by atoms with Gasteiger partial charge in [-0.05, 0) is 44.0 Å². The minimum atomic E-state index is -0.0751. The van der Waals surface area contributed by atoms with Gasteiger partial charge in [0.05, 0.1) is 5.69 Å². The highest BCUT2D eigenvalue weighted by Gasteiger charge is 2.02. The van der Waals surface area contributed by atoms with Gasteiger partial charge in [-0.1, -0.05) is 12.1 Å². The molecule has 0 aliphatic carbocycles. The summed E-state index contributed by atoms with van der Waals surface area (Å²) in [7, 11) is 0. The number of nitrogens with zero attached hydrogens (tertiary/aromatic N) is 3. The number of hydrogen-bond acceptors (Lipinski definition) is 3. The Hall–Kier alpha value is -2.83. The highest BCUT2D eigenvalue weighted by molar-refractivity contribution is 5.84. The van der Waals surface area contributed by atoms with Crippen LogP contribution in [-0.4, -0.2) is 47.8 Å². The number of benzene rings is 1. The van der Waals surface area contributed by atoms with Crippen molar-refractivity contribution in [1.82, 2.24) is 25.7 Å². The van der Waals surface area contributed by atoms with Gasteiger partial charge in [0, 0.05) is 32.0 Å². The van der Waals surface area contributed by atoms with Crippen molar-refractivity contribution in [2.24, 2.45) is 4.99 Å². The van der Waals surface area contributed by atoms with Gasteiger partial charge in [-0.2, -0.15) is 5.10 Å². The molecule has 1 heterocycles. The molecule has 2 rings (SSSR count). The molecule has 0 atom stereocenters. The van der Waals surface area contributed by atoms with Crippen LogP contribution in [0.1, 0.15) is 19.4 Å². The summed E-state index contributed by atoms with van der Waals surface area (Å²) in [6.45, 7) is 6.12. The molecule has 3 N–H and O–H groups in total. The number of guanidine groups is 1. The number of carbonyl (C=O) groups excluding carboxylic acids is 1. The summed E-state index contributed by atoms with van der Waals surface area (Å²) in [5.74, 6) is 0.579. The highest BCUT2D eigenvalue weighted by atomic mass is 16.1. The Morgan fingerprint density at radius 1 is 1.12 bits per heavy atom. The number of hydrogen-bond donors (Lipinski definition) is 3. The summed E-state index contributed by atoms with van der Waals surface area (Å²) in [6, 6.07) is 10.2. The van der Waals surface area contributed by atoms with Crippen LogP contribution in [-0.2, 0) is 11.2 Å². The summed E-state index contributed by atoms with van der Waals surface area (Å²) in [4.78, 5) is 15.8. The van der Waals surface area contributed by atoms with E-state index in [2.05, 4.69) is 50.3 Å². The Bertz CT molecular complexity index is 663. The first-order chi connectivity index (χ1) is 12.2. The van der Waals surface area contributed by atoms with Crippen LogP contribution in [0.4, 0.5) is 0 Å². The predicted molar refractivity (Wildman–Crippen MR) is 99.9 cm³/mol. The Morgan fingerprint density at radius 3 is 2.52 bits per heavy atom. The van der Waals surface area contributed by atoms with Crippen molar-refractivity contribution in [3.63, 3.8) is 0 Å². The fourth-order valence-corrected chi connectivity index (χ4v) is 2.31. The molecule has 0 aliphatic heterocycles. The average molecular weight is 342 g/mol. The molecule has 0 saturated carbocycles. The van der Waals surface area contributed by atoms with Crippen LogP contribution < -0.4 is 16.0 Å². The first kappa shape index (κ1) is 18.5. The molecule has 7 heteroatoms. The molecule has 1 aromatic heterocycles. The third kappa shape index (κ3) is 6.29. The smallest absolute Gasteiger partial charge is 0.241 e. The predicted octanol–water partition coefficient (Wildman–Crippen LogP) is 1.11. The van der Waals surface area contributed by atoms with E-state index in [9.17, 15) is 4.79 Å². The number of aromatic nitrogens is 2. The summed E-state index contributed by atoms with van der Waals surface area (Å²) in [5.41, 5.74) is 2.27. The van der Waals surface area contributed by atoms with E-state index in [0.717, 1.165) is 25.2 Å². The van der Waals surface area contributed by atoms with Crippen molar-refractivity contribution in [2.45, 2.75) is 20.3 Å². The normalized spacial score (nSPS) is 11.2. The van der Waals surface area contributed by atoms with Crippen molar-refractivity contribution in [2.75, 3.05) is 26.2 Å². The standard InChI is InChI=1S/C18H26N6O/c1-3-19-17(25)14-22-18(20-4-2)21-12-10-15-6-8-16(9-7-15)24-13-5-11-23-24/h5-9,11,13H,3-4,10,12,14H2,1-2H3,(H,19,25)(H2,20,21,22). The van der Waals surface area contributed by atoms with Gasteiger partial charge < -0.3 is 16.0 Å². The molecule has 2 aromatic rings. The minimum Gasteiger partial charge on any atom is -0.357 e. The molecular weight excluding hydrogens is 316 g/mol. The first-order valence-electron chi connectivity index (χ1n) is 8.60. The largest absolute Gasteiger partial charge is 0.357 e. The maximum Gasteiger partial charge on any atom is 0.241 e. The second-order valence-corrected chi connectivity index (χ2v) is 5.44. The van der Waals surface area contributed by atoms with E-state index < -0.39 is 0 Å². The molecule has 0 radical (unpaired) electrons. The van der Waals surface area contributed by atoms with Crippen LogP contribution in [0.3, 0.4) is 0 Å². The molecule has 7 nitrogen and oxygen atoms in total. The Balaban J connectivity index is 1.82. The molecule has 134 valence electrons. The van der Waals surface area contributed by atoms with E-state index in [4.69, 9.17) is 0 Å². The van der Waals surface area contributed by atoms with Crippen molar-refractivity contribution < 1.29 is 4.79 Å². The van der Waals surface area contributed by atoms with Crippen LogP contribution >= 0.6 is 0 Å². The average Bonchev–Trinajstić information content (AvgIpc) is 3.15. The lowest BCUT2D eigenvalue weighted by molar-refractivity contribution is -0.119. The summed E-state index contributed by atoms with van der Waals surface area (Å²) < 4.78 is 1.83. The van der Waals surface area contributed by atoms with Crippen molar-refractivity contribution in [1.29, 1.82) is 0 Å². The van der Waals surface area contributed by atoms with E-state index in [1.165, 1.54) is 5.56 Å². The second-order valence-electron chi connectivity index (χ2n) is 5.44. The monoisotopic (exact) mass is 342 g/mol. The minimum absolute atomic E-state index is 0.0751. The van der Waals surface area contributed by atoms with Crippen LogP contribution in [0, 0.1) is 0 Å². The fourth-order valence-electron chi connectivity index (χ4n) is 2.31. The van der Waals surface area contributed by atoms with Crippen molar-refractivity contribution >= 4 is 11.9 Å². The van der Waals surface area contributed by atoms with Crippen LogP contribution in [0.5, 0.6) is 0 Å². The number of likely N-dealkylation sites (N-methyl/N-ethyl adjacent to an activating group) is 1. The third-order valence-corrected chi connectivity index (χ3v) is 3.51. The van der Waals surface area contributed by atoms with Gasteiger partial charge in [0.25, 0.3) is 0 Å². The molecule has 1 aromatic carbocycles. The zero-order chi connectivity index (χ0) is 17.9. The van der Waals surface area contributed by atoms with E-state index in [-0.39, 0.29) is 12.5 Å². The lowest BCUT2D eigenvalue weighted by atomic mass is 10.1. The molecule has 0 aliphatic rings. The van der Waals surface area contributed by atoms with E-state index in [0.29, 0.717) is 12.5 Å². The molecule has 0 bridgehead atoms. The van der Waals surface area contributed by atoms with Crippen LogP contribution in [0.15, 0.2) is 47.7 Å². The van der Waals surface area contributed by atoms with Gasteiger partial charge >= 0.3 is 0 Å². The molecule has 0 saturated heterocycles. The molecule has 25 heavy (non-hydrogen) atoms. The number of aliphatic imine (C=N–C) groups is 1. The van der Waals surface area contributed by atoms with Gasteiger partial charge in [-0.15, -0.1) is 0 Å². The maximum atomic E-state index is 11.5. The van der Waals surface area contributed by atoms with Gasteiger partial charge in [0.15, 0.2) is 5.96 Å². The maximum absolute atomic E-state index is 11.5. The fraction of sp³-hybridized carbons (Fsp3) is 0.389. The Labute approximate surface area is 148 Å². The second kappa shape index (κ2) is 10.1. The Kier molecular flexibility index (Phi) is 7.49. The lowest BCUT2D eigenvalue weighted by Gasteiger charge is -2.11. The van der Waals surface area contributed by atoms with Crippen molar-refractivity contribution in [3.05, 3.63) is 48.3 Å². The third-order valence-electron chi connectivity index (χ3n) is 3.51. The number of nitrogens with one attached hydrogen (secondary N) is 3. The van der Waals surface area contributed by atoms with E-state index >= 15 is 0 Å². The zero-order valence-corrected chi connectivity index (χ0v) is 14.8. The van der Waals surface area contributed by atoms with Crippen LogP contribution in [0.2, 0.25) is 0 Å². The molecular formula is C18H26N6O. The molecule has 0 fully saturated rings. The highest BCUT2D eigenvalue weighted by Crippen LogP contribution is 2.08. The van der Waals surface area contributed by atoms with E-state index in [1.54, 1.807) is 6.20 Å². The quantitative estimate of drug-likeness (QED) is 0.496. The van der Waals surface area contributed by atoms with Crippen molar-refractivity contribution in [3.8, 4) is 5.69 Å². The van der Waals surface area contributed by atoms with Crippen LogP contribution in [0.25, 0.3) is 5.69 Å². The topological polar surface area (TPSA) is 83.3 Å². The molecule has 0 unspecified atom stereocenters. The number of rotatable bonds is 8. The SMILES string of the molecule is CCNC(=O)CN=C(NCC)NCCc1ccc(-n2cccn2)cc1. The van der Waals surface area contributed by atoms with Gasteiger partial charge in [0.2, 0.25) is 5.91 Å². The summed E-state index contributed by atoms with van der Waals surface area (Å²) in [6.07, 6.45) is 4.55. The summed E-state index contributed by atoms with van der Waals surface area (Å²) >= 11 is 0. The lowest BCUT2D eigenvalue weighted by Crippen LogP contribution is -2.39. The van der Waals surface area contributed by atoms with E-state index in [1.807, 2.05) is 30.8 Å². The number of amides is 1. The number of carbonyl (C=O) groups is 1. The zero-order valence-electron chi connectivity index (χ0n) is 14.8. The molecule has 1 amide bonds. The Morgan fingerprint density at radius 2 is 1.88 bits per heavy atom.